The summed E-state index contributed by atoms with van der Waals surface area (Å²) >= 11 is 0. The zero-order valence-corrected chi connectivity index (χ0v) is 11.0. The number of hydrogen-bond donors (Lipinski definition) is 1. The third-order valence-electron chi connectivity index (χ3n) is 4.10. The van der Waals surface area contributed by atoms with Gasteiger partial charge in [0.15, 0.2) is 0 Å². The lowest BCUT2D eigenvalue weighted by Crippen LogP contribution is -2.27. The molecule has 0 spiro atoms. The fourth-order valence-corrected chi connectivity index (χ4v) is 2.85. The van der Waals surface area contributed by atoms with E-state index in [-0.39, 0.29) is 0 Å². The van der Waals surface area contributed by atoms with Gasteiger partial charge in [-0.25, -0.2) is 0 Å². The summed E-state index contributed by atoms with van der Waals surface area (Å²) in [5, 5.41) is 3.72. The summed E-state index contributed by atoms with van der Waals surface area (Å²) in [6, 6.07) is 11.5. The summed E-state index contributed by atoms with van der Waals surface area (Å²) in [5.41, 5.74) is 1.41. The number of hydrogen-bond acceptors (Lipinski definition) is 1. The van der Waals surface area contributed by atoms with Gasteiger partial charge in [-0.05, 0) is 30.7 Å². The highest BCUT2D eigenvalue weighted by Crippen LogP contribution is 2.25. The van der Waals surface area contributed by atoms with Crippen LogP contribution in [0.5, 0.6) is 0 Å². The van der Waals surface area contributed by atoms with Crippen molar-refractivity contribution in [2.75, 3.05) is 0 Å². The summed E-state index contributed by atoms with van der Waals surface area (Å²) < 4.78 is 0. The van der Waals surface area contributed by atoms with Crippen molar-refractivity contribution in [2.45, 2.75) is 58.0 Å². The first-order chi connectivity index (χ1) is 8.38. The Hall–Kier alpha value is -0.820. The third-order valence-corrected chi connectivity index (χ3v) is 4.10. The normalized spacial score (nSPS) is 25.5. The summed E-state index contributed by atoms with van der Waals surface area (Å²) in [7, 11) is 0. The quantitative estimate of drug-likeness (QED) is 0.768. The molecule has 17 heavy (non-hydrogen) atoms. The molecule has 2 atom stereocenters. The molecule has 0 radical (unpaired) electrons. The van der Waals surface area contributed by atoms with Crippen LogP contribution in [0.3, 0.4) is 0 Å². The van der Waals surface area contributed by atoms with E-state index >= 15 is 0 Å². The van der Waals surface area contributed by atoms with Gasteiger partial charge in [-0.3, -0.25) is 0 Å². The fourth-order valence-electron chi connectivity index (χ4n) is 2.85. The standard InChI is InChI=1S/C16H25N/c1-2-14-9-6-10-16(12-11-14)17-13-15-7-4-3-5-8-15/h3-5,7-8,14,16-17H,2,6,9-13H2,1H3. The SMILES string of the molecule is CCC1CCCC(NCc2ccccc2)CC1. The molecule has 1 aliphatic carbocycles. The second-order valence-electron chi connectivity index (χ2n) is 5.35. The Balaban J connectivity index is 1.76. The highest BCUT2D eigenvalue weighted by molar-refractivity contribution is 5.14. The summed E-state index contributed by atoms with van der Waals surface area (Å²) in [6.45, 7) is 3.37. The Morgan fingerprint density at radius 1 is 1.06 bits per heavy atom. The van der Waals surface area contributed by atoms with E-state index in [0.717, 1.165) is 18.5 Å². The molecule has 1 saturated carbocycles. The van der Waals surface area contributed by atoms with E-state index in [1.807, 2.05) is 0 Å². The van der Waals surface area contributed by atoms with Gasteiger partial charge in [-0.1, -0.05) is 56.5 Å². The predicted molar refractivity (Wildman–Crippen MR) is 73.9 cm³/mol. The molecule has 1 aliphatic rings. The van der Waals surface area contributed by atoms with Gasteiger partial charge in [0, 0.05) is 12.6 Å². The zero-order valence-electron chi connectivity index (χ0n) is 11.0. The lowest BCUT2D eigenvalue weighted by molar-refractivity contribution is 0.425. The molecule has 0 aromatic heterocycles. The van der Waals surface area contributed by atoms with Crippen molar-refractivity contribution < 1.29 is 0 Å². The van der Waals surface area contributed by atoms with Gasteiger partial charge >= 0.3 is 0 Å². The molecule has 1 heteroatoms. The second kappa shape index (κ2) is 6.80. The molecule has 0 heterocycles. The van der Waals surface area contributed by atoms with Crippen LogP contribution in [0.4, 0.5) is 0 Å². The first-order valence-corrected chi connectivity index (χ1v) is 7.15. The Morgan fingerprint density at radius 2 is 1.88 bits per heavy atom. The lowest BCUT2D eigenvalue weighted by Gasteiger charge is -2.16. The van der Waals surface area contributed by atoms with Crippen molar-refractivity contribution in [1.82, 2.24) is 5.32 Å². The van der Waals surface area contributed by atoms with Crippen LogP contribution in [-0.4, -0.2) is 6.04 Å². The summed E-state index contributed by atoms with van der Waals surface area (Å²) in [4.78, 5) is 0. The molecule has 0 amide bonds. The van der Waals surface area contributed by atoms with Crippen molar-refractivity contribution in [3.05, 3.63) is 35.9 Å². The molecule has 1 aromatic rings. The molecule has 0 aliphatic heterocycles. The van der Waals surface area contributed by atoms with E-state index < -0.39 is 0 Å². The van der Waals surface area contributed by atoms with Crippen molar-refractivity contribution in [3.8, 4) is 0 Å². The van der Waals surface area contributed by atoms with Crippen LogP contribution >= 0.6 is 0 Å². The second-order valence-corrected chi connectivity index (χ2v) is 5.35. The van der Waals surface area contributed by atoms with Crippen LogP contribution in [0.25, 0.3) is 0 Å². The van der Waals surface area contributed by atoms with Gasteiger partial charge in [0.05, 0.1) is 0 Å². The van der Waals surface area contributed by atoms with Crippen LogP contribution in [-0.2, 0) is 6.54 Å². The average Bonchev–Trinajstić information content (AvgIpc) is 2.62. The smallest absolute Gasteiger partial charge is 0.0208 e. The first-order valence-electron chi connectivity index (χ1n) is 7.15. The monoisotopic (exact) mass is 231 g/mol. The Kier molecular flexibility index (Phi) is 5.06. The number of benzene rings is 1. The third kappa shape index (κ3) is 4.16. The van der Waals surface area contributed by atoms with Gasteiger partial charge in [0.1, 0.15) is 0 Å². The van der Waals surface area contributed by atoms with Crippen LogP contribution in [0.15, 0.2) is 30.3 Å². The number of nitrogens with one attached hydrogen (secondary N) is 1. The Labute approximate surface area is 106 Å². The molecular weight excluding hydrogens is 206 g/mol. The molecule has 94 valence electrons. The van der Waals surface area contributed by atoms with E-state index in [0.29, 0.717) is 0 Å². The topological polar surface area (TPSA) is 12.0 Å². The zero-order chi connectivity index (χ0) is 11.9. The lowest BCUT2D eigenvalue weighted by atomic mass is 9.98. The van der Waals surface area contributed by atoms with E-state index in [9.17, 15) is 0 Å². The molecule has 1 N–H and O–H groups in total. The van der Waals surface area contributed by atoms with Gasteiger partial charge in [-0.2, -0.15) is 0 Å². The maximum Gasteiger partial charge on any atom is 0.0208 e. The van der Waals surface area contributed by atoms with E-state index in [1.165, 1.54) is 44.1 Å². The summed E-state index contributed by atoms with van der Waals surface area (Å²) in [5.74, 6) is 0.985. The highest BCUT2D eigenvalue weighted by Gasteiger charge is 2.16. The minimum Gasteiger partial charge on any atom is -0.310 e. The van der Waals surface area contributed by atoms with Crippen molar-refractivity contribution >= 4 is 0 Å². The summed E-state index contributed by atoms with van der Waals surface area (Å²) in [6.07, 6.45) is 8.37. The minimum absolute atomic E-state index is 0.742. The number of rotatable bonds is 4. The average molecular weight is 231 g/mol. The van der Waals surface area contributed by atoms with Crippen LogP contribution in [0, 0.1) is 5.92 Å². The van der Waals surface area contributed by atoms with Gasteiger partial charge < -0.3 is 5.32 Å². The van der Waals surface area contributed by atoms with E-state index in [1.54, 1.807) is 0 Å². The predicted octanol–water partition coefficient (Wildman–Crippen LogP) is 4.14. The molecule has 1 fully saturated rings. The molecule has 1 aromatic carbocycles. The molecule has 1 nitrogen and oxygen atoms in total. The van der Waals surface area contributed by atoms with Crippen molar-refractivity contribution in [3.63, 3.8) is 0 Å². The fraction of sp³-hybridized carbons (Fsp3) is 0.625. The Morgan fingerprint density at radius 3 is 2.65 bits per heavy atom. The largest absolute Gasteiger partial charge is 0.310 e. The molecular formula is C16H25N. The first kappa shape index (κ1) is 12.6. The van der Waals surface area contributed by atoms with Crippen LogP contribution in [0.1, 0.15) is 51.0 Å². The molecule has 0 bridgehead atoms. The highest BCUT2D eigenvalue weighted by atomic mass is 14.9. The van der Waals surface area contributed by atoms with Gasteiger partial charge in [0.25, 0.3) is 0 Å². The minimum atomic E-state index is 0.742. The maximum atomic E-state index is 3.72. The van der Waals surface area contributed by atoms with Crippen molar-refractivity contribution in [2.24, 2.45) is 5.92 Å². The van der Waals surface area contributed by atoms with E-state index in [4.69, 9.17) is 0 Å². The van der Waals surface area contributed by atoms with E-state index in [2.05, 4.69) is 42.6 Å². The molecule has 2 unspecified atom stereocenters. The van der Waals surface area contributed by atoms with Crippen LogP contribution in [0.2, 0.25) is 0 Å². The molecule has 0 saturated heterocycles. The Bertz CT molecular complexity index is 307. The maximum absolute atomic E-state index is 3.72. The van der Waals surface area contributed by atoms with Gasteiger partial charge in [0.2, 0.25) is 0 Å². The molecule has 2 rings (SSSR count). The van der Waals surface area contributed by atoms with Crippen molar-refractivity contribution in [1.29, 1.82) is 0 Å². The van der Waals surface area contributed by atoms with Gasteiger partial charge in [-0.15, -0.1) is 0 Å². The van der Waals surface area contributed by atoms with Crippen LogP contribution < -0.4 is 5.32 Å².